The SMILES string of the molecule is CC(=O)N[C@@H](Cc1c[nH]c2ccccc12)C(=O)NC(=O)N(C)[C@@H](Cc1ccccc1)C(=O)N(C)[C@@H](Cc1ccccc1)C(=O)N(C)[C@@H](Cc1ccccc1)C(N)=O. The van der Waals surface area contributed by atoms with Gasteiger partial charge in [-0.05, 0) is 28.3 Å². The first-order valence-corrected chi connectivity index (χ1v) is 18.7. The molecule has 57 heavy (non-hydrogen) atoms. The number of hydrogen-bond acceptors (Lipinski definition) is 6. The van der Waals surface area contributed by atoms with Crippen LogP contribution in [0.3, 0.4) is 0 Å². The predicted molar refractivity (Wildman–Crippen MR) is 217 cm³/mol. The molecule has 4 aromatic carbocycles. The number of nitrogens with two attached hydrogens (primary N) is 1. The number of para-hydroxylation sites is 1. The van der Waals surface area contributed by atoms with E-state index in [9.17, 15) is 28.8 Å². The lowest BCUT2D eigenvalue weighted by Crippen LogP contribution is -2.60. The minimum atomic E-state index is -1.19. The smallest absolute Gasteiger partial charge is 0.324 e. The number of fused-ring (bicyclic) bond motifs is 1. The number of primary amides is 1. The van der Waals surface area contributed by atoms with Crippen LogP contribution in [0, 0.1) is 0 Å². The summed E-state index contributed by atoms with van der Waals surface area (Å²) in [5.41, 5.74) is 9.76. The molecule has 0 saturated carbocycles. The number of aromatic amines is 1. The molecule has 0 aliphatic rings. The molecule has 1 aromatic heterocycles. The Bertz CT molecular complexity index is 2180. The fraction of sp³-hybridized carbons (Fsp3) is 0.273. The van der Waals surface area contributed by atoms with E-state index in [0.29, 0.717) is 0 Å². The monoisotopic (exact) mass is 771 g/mol. The summed E-state index contributed by atoms with van der Waals surface area (Å²) >= 11 is 0. The molecule has 0 fully saturated rings. The van der Waals surface area contributed by atoms with Gasteiger partial charge in [-0.3, -0.25) is 29.3 Å². The first-order chi connectivity index (χ1) is 27.3. The number of rotatable bonds is 16. The molecule has 0 spiro atoms. The fourth-order valence-electron chi connectivity index (χ4n) is 6.89. The number of amides is 7. The zero-order valence-corrected chi connectivity index (χ0v) is 32.6. The Balaban J connectivity index is 1.42. The Hall–Kier alpha value is -6.76. The van der Waals surface area contributed by atoms with Crippen LogP contribution in [0.5, 0.6) is 0 Å². The van der Waals surface area contributed by atoms with E-state index in [0.717, 1.165) is 38.1 Å². The second-order valence-electron chi connectivity index (χ2n) is 14.1. The minimum Gasteiger partial charge on any atom is -0.368 e. The van der Waals surface area contributed by atoms with E-state index >= 15 is 0 Å². The molecule has 0 bridgehead atoms. The Morgan fingerprint density at radius 1 is 0.596 bits per heavy atom. The lowest BCUT2D eigenvalue weighted by Gasteiger charge is -2.37. The van der Waals surface area contributed by atoms with Crippen molar-refractivity contribution in [2.45, 2.75) is 56.8 Å². The average Bonchev–Trinajstić information content (AvgIpc) is 3.62. The van der Waals surface area contributed by atoms with Crippen LogP contribution in [0.25, 0.3) is 10.9 Å². The molecule has 0 unspecified atom stereocenters. The van der Waals surface area contributed by atoms with Crippen LogP contribution >= 0.6 is 0 Å². The Morgan fingerprint density at radius 3 is 1.53 bits per heavy atom. The molecule has 5 aromatic rings. The summed E-state index contributed by atoms with van der Waals surface area (Å²) in [5.74, 6) is -3.03. The van der Waals surface area contributed by atoms with Crippen molar-refractivity contribution < 1.29 is 28.8 Å². The van der Waals surface area contributed by atoms with Gasteiger partial charge < -0.3 is 30.7 Å². The van der Waals surface area contributed by atoms with Crippen LogP contribution in [-0.4, -0.2) is 101 Å². The number of hydrogen-bond donors (Lipinski definition) is 4. The molecule has 0 aliphatic heterocycles. The molecule has 13 heteroatoms. The van der Waals surface area contributed by atoms with Crippen LogP contribution in [-0.2, 0) is 49.7 Å². The summed E-state index contributed by atoms with van der Waals surface area (Å²) in [4.78, 5) is 88.7. The van der Waals surface area contributed by atoms with Gasteiger partial charge in [0.2, 0.25) is 23.6 Å². The van der Waals surface area contributed by atoms with Crippen molar-refractivity contribution in [2.75, 3.05) is 21.1 Å². The lowest BCUT2D eigenvalue weighted by molar-refractivity contribution is -0.148. The normalized spacial score (nSPS) is 13.1. The zero-order valence-electron chi connectivity index (χ0n) is 32.6. The Labute approximate surface area is 332 Å². The predicted octanol–water partition coefficient (Wildman–Crippen LogP) is 3.62. The topological polar surface area (TPSA) is 178 Å². The van der Waals surface area contributed by atoms with Crippen LogP contribution < -0.4 is 16.4 Å². The van der Waals surface area contributed by atoms with Crippen molar-refractivity contribution in [1.29, 1.82) is 0 Å². The first kappa shape index (κ1) is 41.4. The van der Waals surface area contributed by atoms with E-state index < -0.39 is 59.7 Å². The molecule has 1 heterocycles. The molecule has 296 valence electrons. The van der Waals surface area contributed by atoms with Gasteiger partial charge in [0.15, 0.2) is 0 Å². The highest BCUT2D eigenvalue weighted by atomic mass is 16.2. The Morgan fingerprint density at radius 2 is 1.04 bits per heavy atom. The third kappa shape index (κ3) is 10.7. The van der Waals surface area contributed by atoms with Gasteiger partial charge in [0, 0.05) is 70.8 Å². The summed E-state index contributed by atoms with van der Waals surface area (Å²) in [6.45, 7) is 1.28. The van der Waals surface area contributed by atoms with Crippen molar-refractivity contribution in [3.05, 3.63) is 144 Å². The number of benzene rings is 4. The summed E-state index contributed by atoms with van der Waals surface area (Å²) in [7, 11) is 4.38. The third-order valence-electron chi connectivity index (χ3n) is 10.2. The standard InChI is InChI=1S/C44H49N7O6/c1-29(52)47-36(27-33-28-46-35-23-15-14-22-34(33)35)41(54)48-44(57)51(4)39(26-32-20-12-7-13-21-32)43(56)50(3)38(25-31-18-10-6-11-19-31)42(55)49(2)37(40(45)53)24-30-16-8-5-9-17-30/h5-23,28,36-39,46H,24-27H2,1-4H3,(H2,45,53)(H,47,52)(H,48,54,57)/t36-,37-,38-,39-/m0/s1. The van der Waals surface area contributed by atoms with Gasteiger partial charge in [-0.25, -0.2) is 4.79 Å². The average molecular weight is 772 g/mol. The number of nitrogens with zero attached hydrogens (tertiary/aromatic N) is 3. The van der Waals surface area contributed by atoms with Crippen LogP contribution in [0.2, 0.25) is 0 Å². The van der Waals surface area contributed by atoms with Gasteiger partial charge in [-0.2, -0.15) is 0 Å². The number of carbonyl (C=O) groups excluding carboxylic acids is 6. The van der Waals surface area contributed by atoms with E-state index in [-0.39, 0.29) is 25.7 Å². The highest BCUT2D eigenvalue weighted by Gasteiger charge is 2.39. The summed E-state index contributed by atoms with van der Waals surface area (Å²) in [6.07, 6.45) is 2.16. The van der Waals surface area contributed by atoms with Crippen molar-refractivity contribution in [3.63, 3.8) is 0 Å². The van der Waals surface area contributed by atoms with Crippen molar-refractivity contribution in [1.82, 2.24) is 30.3 Å². The second kappa shape index (κ2) is 19.2. The maximum absolute atomic E-state index is 14.7. The van der Waals surface area contributed by atoms with Crippen LogP contribution in [0.1, 0.15) is 29.2 Å². The maximum Gasteiger partial charge on any atom is 0.324 e. The van der Waals surface area contributed by atoms with E-state index in [1.165, 1.54) is 37.9 Å². The molecular weight excluding hydrogens is 723 g/mol. The van der Waals surface area contributed by atoms with Gasteiger partial charge in [-0.15, -0.1) is 0 Å². The number of nitrogens with one attached hydrogen (secondary N) is 3. The van der Waals surface area contributed by atoms with Crippen LogP contribution in [0.15, 0.2) is 121 Å². The van der Waals surface area contributed by atoms with Crippen molar-refractivity contribution in [3.8, 4) is 0 Å². The zero-order chi connectivity index (χ0) is 41.1. The molecule has 0 saturated heterocycles. The fourth-order valence-corrected chi connectivity index (χ4v) is 6.89. The van der Waals surface area contributed by atoms with Crippen LogP contribution in [0.4, 0.5) is 4.79 Å². The molecule has 0 radical (unpaired) electrons. The second-order valence-corrected chi connectivity index (χ2v) is 14.1. The van der Waals surface area contributed by atoms with Crippen molar-refractivity contribution >= 4 is 46.5 Å². The molecule has 13 nitrogen and oxygen atoms in total. The third-order valence-corrected chi connectivity index (χ3v) is 10.2. The minimum absolute atomic E-state index is 0.0482. The highest BCUT2D eigenvalue weighted by Crippen LogP contribution is 2.21. The number of H-pyrrole nitrogens is 1. The number of urea groups is 1. The number of imide groups is 1. The molecule has 7 amide bonds. The van der Waals surface area contributed by atoms with Crippen molar-refractivity contribution in [2.24, 2.45) is 5.73 Å². The first-order valence-electron chi connectivity index (χ1n) is 18.7. The largest absolute Gasteiger partial charge is 0.368 e. The molecule has 0 aliphatic carbocycles. The summed E-state index contributed by atoms with van der Waals surface area (Å²) in [6, 6.07) is 29.6. The van der Waals surface area contributed by atoms with E-state index in [1.54, 1.807) is 18.3 Å². The Kier molecular flexibility index (Phi) is 14.0. The van der Waals surface area contributed by atoms with Gasteiger partial charge in [0.25, 0.3) is 5.91 Å². The quantitative estimate of drug-likeness (QED) is 0.119. The molecule has 5 N–H and O–H groups in total. The lowest BCUT2D eigenvalue weighted by atomic mass is 9.98. The van der Waals surface area contributed by atoms with Gasteiger partial charge >= 0.3 is 6.03 Å². The van der Waals surface area contributed by atoms with E-state index in [2.05, 4.69) is 15.6 Å². The van der Waals surface area contributed by atoms with Gasteiger partial charge in [0.1, 0.15) is 24.2 Å². The van der Waals surface area contributed by atoms with Gasteiger partial charge in [-0.1, -0.05) is 109 Å². The highest BCUT2D eigenvalue weighted by molar-refractivity contribution is 6.01. The summed E-state index contributed by atoms with van der Waals surface area (Å²) in [5, 5.41) is 5.91. The molecule has 4 atom stereocenters. The maximum atomic E-state index is 14.7. The van der Waals surface area contributed by atoms with E-state index in [1.807, 2.05) is 103 Å². The number of aromatic nitrogens is 1. The summed E-state index contributed by atoms with van der Waals surface area (Å²) < 4.78 is 0. The number of carbonyl (C=O) groups is 6. The molecule has 5 rings (SSSR count). The van der Waals surface area contributed by atoms with Gasteiger partial charge in [0.05, 0.1) is 0 Å². The van der Waals surface area contributed by atoms with E-state index in [4.69, 9.17) is 5.73 Å². The molecular formula is C44H49N7O6. The number of likely N-dealkylation sites (N-methyl/N-ethyl adjacent to an activating group) is 3.